The summed E-state index contributed by atoms with van der Waals surface area (Å²) in [4.78, 5) is 21.2. The van der Waals surface area contributed by atoms with Crippen LogP contribution in [0, 0.1) is 11.8 Å². The van der Waals surface area contributed by atoms with Crippen molar-refractivity contribution in [3.8, 4) is 0 Å². The predicted molar refractivity (Wildman–Crippen MR) is 124 cm³/mol. The number of hydrogen-bond acceptors (Lipinski definition) is 3. The van der Waals surface area contributed by atoms with Gasteiger partial charge in [0.05, 0.1) is 6.54 Å². The number of nitrogens with one attached hydrogen (secondary N) is 1. The van der Waals surface area contributed by atoms with Crippen molar-refractivity contribution >= 4 is 35.8 Å². The second-order valence-electron chi connectivity index (χ2n) is 8.80. The summed E-state index contributed by atoms with van der Waals surface area (Å²) in [5.74, 6) is 1.91. The molecule has 2 unspecified atom stereocenters. The molecule has 0 aromatic carbocycles. The number of primary amides is 1. The van der Waals surface area contributed by atoms with E-state index in [1.54, 1.807) is 0 Å². The molecule has 2 heterocycles. The molecule has 2 aliphatic rings. The second-order valence-corrected chi connectivity index (χ2v) is 8.80. The van der Waals surface area contributed by atoms with Crippen molar-refractivity contribution in [3.05, 3.63) is 0 Å². The van der Waals surface area contributed by atoms with Crippen molar-refractivity contribution in [1.82, 2.24) is 15.1 Å². The second kappa shape index (κ2) is 11.4. The zero-order valence-corrected chi connectivity index (χ0v) is 20.0. The Kier molecular flexibility index (Phi) is 10.4. The Hall–Kier alpha value is -0.570. The fourth-order valence-electron chi connectivity index (χ4n) is 4.24. The van der Waals surface area contributed by atoms with E-state index in [1.807, 2.05) is 0 Å². The van der Waals surface area contributed by atoms with Gasteiger partial charge in [0.2, 0.25) is 5.91 Å². The smallest absolute Gasteiger partial charge is 0.217 e. The zero-order valence-electron chi connectivity index (χ0n) is 17.7. The highest BCUT2D eigenvalue weighted by Gasteiger charge is 2.30. The van der Waals surface area contributed by atoms with E-state index in [0.29, 0.717) is 12.3 Å². The van der Waals surface area contributed by atoms with Gasteiger partial charge in [-0.1, -0.05) is 6.92 Å². The van der Waals surface area contributed by atoms with Crippen LogP contribution in [0.15, 0.2) is 4.99 Å². The number of halogens is 1. The van der Waals surface area contributed by atoms with Crippen LogP contribution in [0.4, 0.5) is 0 Å². The summed E-state index contributed by atoms with van der Waals surface area (Å²) in [6.07, 6.45) is 5.28. The molecule has 158 valence electrons. The van der Waals surface area contributed by atoms with Crippen molar-refractivity contribution in [2.75, 3.05) is 39.3 Å². The molecule has 2 saturated heterocycles. The van der Waals surface area contributed by atoms with E-state index >= 15 is 0 Å². The van der Waals surface area contributed by atoms with Crippen LogP contribution >= 0.6 is 24.0 Å². The maximum atomic E-state index is 11.3. The fourth-order valence-corrected chi connectivity index (χ4v) is 4.24. The van der Waals surface area contributed by atoms with Crippen LogP contribution in [0.2, 0.25) is 0 Å². The number of amides is 1. The maximum absolute atomic E-state index is 11.3. The Morgan fingerprint density at radius 2 is 1.93 bits per heavy atom. The highest BCUT2D eigenvalue weighted by molar-refractivity contribution is 14.0. The minimum atomic E-state index is -0.195. The molecule has 27 heavy (non-hydrogen) atoms. The van der Waals surface area contributed by atoms with Crippen molar-refractivity contribution in [2.45, 2.75) is 65.3 Å². The standard InChI is InChI=1S/C20H39N5O.HI/c1-5-22-19(24-10-7-9-17(14-24)12-18(21)26)23-15-20(3,4)25-11-6-8-16(2)13-25;/h16-17H,5-15H2,1-4H3,(H2,21,26)(H,22,23);1H. The minimum Gasteiger partial charge on any atom is -0.370 e. The summed E-state index contributed by atoms with van der Waals surface area (Å²) in [5.41, 5.74) is 5.47. The Morgan fingerprint density at radius 3 is 2.56 bits per heavy atom. The lowest BCUT2D eigenvalue weighted by atomic mass is 9.93. The monoisotopic (exact) mass is 493 g/mol. The van der Waals surface area contributed by atoms with Crippen molar-refractivity contribution < 1.29 is 4.79 Å². The SMILES string of the molecule is CCNC(=NCC(C)(C)N1CCCC(C)C1)N1CCCC(CC(N)=O)C1.I. The van der Waals surface area contributed by atoms with Gasteiger partial charge in [-0.15, -0.1) is 24.0 Å². The van der Waals surface area contributed by atoms with Gasteiger partial charge in [-0.25, -0.2) is 0 Å². The Balaban J connectivity index is 0.00000364. The predicted octanol–water partition coefficient (Wildman–Crippen LogP) is 2.67. The molecular formula is C20H40IN5O. The molecule has 2 fully saturated rings. The lowest BCUT2D eigenvalue weighted by Gasteiger charge is -2.42. The number of guanidine groups is 1. The van der Waals surface area contributed by atoms with E-state index < -0.39 is 0 Å². The topological polar surface area (TPSA) is 74.0 Å². The largest absolute Gasteiger partial charge is 0.370 e. The lowest BCUT2D eigenvalue weighted by molar-refractivity contribution is -0.119. The van der Waals surface area contributed by atoms with Crippen LogP contribution in [-0.4, -0.2) is 66.5 Å². The van der Waals surface area contributed by atoms with Crippen molar-refractivity contribution in [1.29, 1.82) is 0 Å². The third-order valence-corrected chi connectivity index (χ3v) is 5.77. The van der Waals surface area contributed by atoms with E-state index in [0.717, 1.165) is 50.9 Å². The first-order valence-corrected chi connectivity index (χ1v) is 10.4. The van der Waals surface area contributed by atoms with Gasteiger partial charge in [0.15, 0.2) is 5.96 Å². The number of rotatable bonds is 6. The van der Waals surface area contributed by atoms with Crippen molar-refractivity contribution in [3.63, 3.8) is 0 Å². The molecule has 3 N–H and O–H groups in total. The van der Waals surface area contributed by atoms with Gasteiger partial charge in [0.1, 0.15) is 0 Å². The lowest BCUT2D eigenvalue weighted by Crippen LogP contribution is -2.52. The van der Waals surface area contributed by atoms with Crippen LogP contribution in [0.5, 0.6) is 0 Å². The fraction of sp³-hybridized carbons (Fsp3) is 0.900. The molecule has 0 spiro atoms. The molecule has 0 aliphatic carbocycles. The van der Waals surface area contributed by atoms with E-state index in [9.17, 15) is 4.79 Å². The third-order valence-electron chi connectivity index (χ3n) is 5.77. The number of carbonyl (C=O) groups excluding carboxylic acids is 1. The molecule has 0 radical (unpaired) electrons. The summed E-state index contributed by atoms with van der Waals surface area (Å²) in [5, 5.41) is 3.45. The van der Waals surface area contributed by atoms with Gasteiger partial charge >= 0.3 is 0 Å². The Labute approximate surface area is 182 Å². The highest BCUT2D eigenvalue weighted by Crippen LogP contribution is 2.24. The summed E-state index contributed by atoms with van der Waals surface area (Å²) < 4.78 is 0. The molecule has 0 bridgehead atoms. The Morgan fingerprint density at radius 1 is 1.22 bits per heavy atom. The van der Waals surface area contributed by atoms with Crippen LogP contribution < -0.4 is 11.1 Å². The average molecular weight is 493 g/mol. The first-order valence-electron chi connectivity index (χ1n) is 10.4. The molecule has 6 nitrogen and oxygen atoms in total. The molecule has 2 atom stereocenters. The van der Waals surface area contributed by atoms with Gasteiger partial charge in [0.25, 0.3) is 0 Å². The summed E-state index contributed by atoms with van der Waals surface area (Å²) in [7, 11) is 0. The molecule has 7 heteroatoms. The molecular weight excluding hydrogens is 453 g/mol. The third kappa shape index (κ3) is 7.75. The number of hydrogen-bond donors (Lipinski definition) is 2. The molecule has 2 rings (SSSR count). The molecule has 1 amide bonds. The summed E-state index contributed by atoms with van der Waals surface area (Å²) >= 11 is 0. The summed E-state index contributed by atoms with van der Waals surface area (Å²) in [6.45, 7) is 14.9. The number of carbonyl (C=O) groups is 1. The summed E-state index contributed by atoms with van der Waals surface area (Å²) in [6, 6.07) is 0. The van der Waals surface area contributed by atoms with Gasteiger partial charge in [-0.05, 0) is 64.8 Å². The first-order chi connectivity index (χ1) is 12.3. The number of aliphatic imine (C=N–C) groups is 1. The molecule has 0 aromatic heterocycles. The minimum absolute atomic E-state index is 0. The van der Waals surface area contributed by atoms with Gasteiger partial charge in [-0.2, -0.15) is 0 Å². The normalized spacial score (nSPS) is 25.0. The van der Waals surface area contributed by atoms with Crippen LogP contribution in [0.3, 0.4) is 0 Å². The van der Waals surface area contributed by atoms with Crippen LogP contribution in [0.25, 0.3) is 0 Å². The van der Waals surface area contributed by atoms with E-state index in [4.69, 9.17) is 10.7 Å². The quantitative estimate of drug-likeness (QED) is 0.339. The Bertz CT molecular complexity index is 497. The van der Waals surface area contributed by atoms with Crippen LogP contribution in [-0.2, 0) is 4.79 Å². The maximum Gasteiger partial charge on any atom is 0.217 e. The zero-order chi connectivity index (χ0) is 19.2. The highest BCUT2D eigenvalue weighted by atomic mass is 127. The van der Waals surface area contributed by atoms with E-state index in [-0.39, 0.29) is 35.4 Å². The van der Waals surface area contributed by atoms with Crippen LogP contribution in [0.1, 0.15) is 59.8 Å². The van der Waals surface area contributed by atoms with Crippen molar-refractivity contribution in [2.24, 2.45) is 22.6 Å². The van der Waals surface area contributed by atoms with Gasteiger partial charge in [-0.3, -0.25) is 14.7 Å². The first kappa shape index (κ1) is 24.5. The van der Waals surface area contributed by atoms with E-state index in [2.05, 4.69) is 42.8 Å². The molecule has 0 saturated carbocycles. The number of likely N-dealkylation sites (tertiary alicyclic amines) is 2. The molecule has 2 aliphatic heterocycles. The van der Waals surface area contributed by atoms with Gasteiger partial charge in [0, 0.05) is 38.1 Å². The van der Waals surface area contributed by atoms with Gasteiger partial charge < -0.3 is 16.0 Å². The number of piperidine rings is 2. The number of nitrogens with two attached hydrogens (primary N) is 1. The average Bonchev–Trinajstić information content (AvgIpc) is 2.58. The molecule has 0 aromatic rings. The number of nitrogens with zero attached hydrogens (tertiary/aromatic N) is 3. The van der Waals surface area contributed by atoms with E-state index in [1.165, 1.54) is 25.9 Å².